The molecule has 1 aromatic carbocycles. The molecule has 0 aliphatic carbocycles. The first kappa shape index (κ1) is 22.1. The molecule has 0 N–H and O–H groups in total. The van der Waals surface area contributed by atoms with Gasteiger partial charge in [0.1, 0.15) is 11.7 Å². The molecule has 1 aliphatic rings. The molecular weight excluding hydrogens is 402 g/mol. The van der Waals surface area contributed by atoms with Gasteiger partial charge in [-0.2, -0.15) is 0 Å². The Kier molecular flexibility index (Phi) is 5.88. The molecule has 0 radical (unpaired) electrons. The summed E-state index contributed by atoms with van der Waals surface area (Å²) >= 11 is 0. The summed E-state index contributed by atoms with van der Waals surface area (Å²) < 4.78 is 12.2. The Bertz CT molecular complexity index is 1050. The zero-order valence-corrected chi connectivity index (χ0v) is 18.4. The molecule has 9 nitrogen and oxygen atoms in total. The summed E-state index contributed by atoms with van der Waals surface area (Å²) in [5.41, 5.74) is 2.12. The highest BCUT2D eigenvalue weighted by molar-refractivity contribution is 6.20. The van der Waals surface area contributed by atoms with E-state index in [1.165, 1.54) is 14.1 Å². The van der Waals surface area contributed by atoms with E-state index in [-0.39, 0.29) is 17.7 Å². The number of rotatable bonds is 5. The number of urea groups is 1. The van der Waals surface area contributed by atoms with Crippen LogP contribution in [0.4, 0.5) is 4.79 Å². The third-order valence-electron chi connectivity index (χ3n) is 5.59. The van der Waals surface area contributed by atoms with Gasteiger partial charge >= 0.3 is 12.0 Å². The fraction of sp³-hybridized carbons (Fsp3) is 0.364. The van der Waals surface area contributed by atoms with Gasteiger partial charge in [0.15, 0.2) is 0 Å². The number of hydrogen-bond acceptors (Lipinski definition) is 6. The van der Waals surface area contributed by atoms with Crippen molar-refractivity contribution in [2.24, 2.45) is 7.05 Å². The fourth-order valence-corrected chi connectivity index (χ4v) is 3.82. The quantitative estimate of drug-likeness (QED) is 0.537. The number of nitrogens with zero attached hydrogens (tertiary/aromatic N) is 3. The standard InChI is InChI=1S/C22H25N3O6/c1-7-31-21(28)15-12(2)23(3)18(13-8-10-14(30-6)11-9-13)16(15)17-19(26)24(4)22(29)25(5)20(17)27/h8-11,17H,7H2,1-6H3. The van der Waals surface area contributed by atoms with Crippen LogP contribution in [0.1, 0.15) is 34.5 Å². The Morgan fingerprint density at radius 3 is 2.03 bits per heavy atom. The van der Waals surface area contributed by atoms with Crippen molar-refractivity contribution in [3.8, 4) is 17.0 Å². The van der Waals surface area contributed by atoms with Crippen LogP contribution >= 0.6 is 0 Å². The van der Waals surface area contributed by atoms with E-state index in [0.717, 1.165) is 9.80 Å². The third kappa shape index (κ3) is 3.45. The minimum Gasteiger partial charge on any atom is -0.497 e. The highest BCUT2D eigenvalue weighted by Crippen LogP contribution is 2.40. The number of barbiturate groups is 1. The summed E-state index contributed by atoms with van der Waals surface area (Å²) in [6.07, 6.45) is 0. The molecular formula is C22H25N3O6. The van der Waals surface area contributed by atoms with Gasteiger partial charge in [0.25, 0.3) is 0 Å². The van der Waals surface area contributed by atoms with Crippen molar-refractivity contribution >= 4 is 23.8 Å². The molecule has 0 spiro atoms. The second kappa shape index (κ2) is 8.25. The van der Waals surface area contributed by atoms with Crippen molar-refractivity contribution in [2.75, 3.05) is 27.8 Å². The number of imide groups is 2. The van der Waals surface area contributed by atoms with Crippen LogP contribution < -0.4 is 4.74 Å². The van der Waals surface area contributed by atoms with E-state index in [1.807, 2.05) is 0 Å². The monoisotopic (exact) mass is 427 g/mol. The van der Waals surface area contributed by atoms with Gasteiger partial charge in [-0.15, -0.1) is 0 Å². The molecule has 2 aromatic rings. The maximum atomic E-state index is 13.1. The van der Waals surface area contributed by atoms with Crippen LogP contribution in [0, 0.1) is 6.92 Å². The third-order valence-corrected chi connectivity index (χ3v) is 5.59. The molecule has 4 amide bonds. The van der Waals surface area contributed by atoms with Gasteiger partial charge < -0.3 is 14.0 Å². The molecule has 0 saturated carbocycles. The average Bonchev–Trinajstić information content (AvgIpc) is 3.02. The lowest BCUT2D eigenvalue weighted by Gasteiger charge is -2.33. The SMILES string of the molecule is CCOC(=O)c1c(C2C(=O)N(C)C(=O)N(C)C2=O)c(-c2ccc(OC)cc2)n(C)c1C. The lowest BCUT2D eigenvalue weighted by atomic mass is 9.88. The molecule has 164 valence electrons. The number of esters is 1. The van der Waals surface area contributed by atoms with Crippen molar-refractivity contribution in [3.05, 3.63) is 41.1 Å². The maximum absolute atomic E-state index is 13.1. The highest BCUT2D eigenvalue weighted by Gasteiger charge is 2.47. The predicted octanol–water partition coefficient (Wildman–Crippen LogP) is 2.32. The molecule has 31 heavy (non-hydrogen) atoms. The smallest absolute Gasteiger partial charge is 0.340 e. The second-order valence-electron chi connectivity index (χ2n) is 7.24. The molecule has 2 heterocycles. The van der Waals surface area contributed by atoms with Gasteiger partial charge in [-0.25, -0.2) is 9.59 Å². The first-order valence-electron chi connectivity index (χ1n) is 9.75. The number of benzene rings is 1. The number of amides is 4. The van der Waals surface area contributed by atoms with E-state index in [2.05, 4.69) is 0 Å². The highest BCUT2D eigenvalue weighted by atomic mass is 16.5. The summed E-state index contributed by atoms with van der Waals surface area (Å²) in [6, 6.07) is 6.34. The molecule has 1 saturated heterocycles. The minimum atomic E-state index is -1.36. The Hall–Kier alpha value is -3.62. The first-order valence-corrected chi connectivity index (χ1v) is 9.75. The summed E-state index contributed by atoms with van der Waals surface area (Å²) in [5.74, 6) is -2.74. The lowest BCUT2D eigenvalue weighted by molar-refractivity contribution is -0.143. The van der Waals surface area contributed by atoms with E-state index >= 15 is 0 Å². The van der Waals surface area contributed by atoms with Gasteiger partial charge in [-0.3, -0.25) is 19.4 Å². The van der Waals surface area contributed by atoms with E-state index in [0.29, 0.717) is 22.7 Å². The number of ether oxygens (including phenoxy) is 2. The molecule has 0 atom stereocenters. The van der Waals surface area contributed by atoms with E-state index in [1.54, 1.807) is 56.8 Å². The largest absolute Gasteiger partial charge is 0.497 e. The van der Waals surface area contributed by atoms with Crippen LogP contribution in [0.3, 0.4) is 0 Å². The molecule has 9 heteroatoms. The fourth-order valence-electron chi connectivity index (χ4n) is 3.82. The summed E-state index contributed by atoms with van der Waals surface area (Å²) in [5, 5.41) is 0. The molecule has 1 aromatic heterocycles. The van der Waals surface area contributed by atoms with Crippen molar-refractivity contribution in [1.29, 1.82) is 0 Å². The minimum absolute atomic E-state index is 0.134. The Labute approximate surface area is 180 Å². The van der Waals surface area contributed by atoms with Crippen molar-refractivity contribution < 1.29 is 28.7 Å². The van der Waals surface area contributed by atoms with Crippen LogP contribution in [-0.2, 0) is 21.4 Å². The maximum Gasteiger partial charge on any atom is 0.340 e. The van der Waals surface area contributed by atoms with Gasteiger partial charge in [0.05, 0.1) is 25.0 Å². The summed E-state index contributed by atoms with van der Waals surface area (Å²) in [6.45, 7) is 3.53. The number of hydrogen-bond donors (Lipinski definition) is 0. The van der Waals surface area contributed by atoms with Crippen molar-refractivity contribution in [1.82, 2.24) is 14.4 Å². The van der Waals surface area contributed by atoms with Crippen LogP contribution in [0.15, 0.2) is 24.3 Å². The summed E-state index contributed by atoms with van der Waals surface area (Å²) in [4.78, 5) is 53.1. The Morgan fingerprint density at radius 2 is 1.55 bits per heavy atom. The number of aromatic nitrogens is 1. The molecule has 0 bridgehead atoms. The normalized spacial score (nSPS) is 15.0. The van der Waals surface area contributed by atoms with E-state index < -0.39 is 29.7 Å². The lowest BCUT2D eigenvalue weighted by Crippen LogP contribution is -2.56. The van der Waals surface area contributed by atoms with Gasteiger partial charge in [0.2, 0.25) is 11.8 Å². The summed E-state index contributed by atoms with van der Waals surface area (Å²) in [7, 11) is 5.92. The van der Waals surface area contributed by atoms with Gasteiger partial charge in [-0.05, 0) is 43.7 Å². The van der Waals surface area contributed by atoms with Gasteiger partial charge in [0, 0.05) is 32.4 Å². The topological polar surface area (TPSA) is 98.2 Å². The van der Waals surface area contributed by atoms with E-state index in [9.17, 15) is 19.2 Å². The first-order chi connectivity index (χ1) is 14.6. The van der Waals surface area contributed by atoms with Crippen LogP contribution in [0.5, 0.6) is 5.75 Å². The molecule has 1 fully saturated rings. The molecule has 1 aliphatic heterocycles. The second-order valence-corrected chi connectivity index (χ2v) is 7.24. The van der Waals surface area contributed by atoms with Crippen molar-refractivity contribution in [2.45, 2.75) is 19.8 Å². The number of likely N-dealkylation sites (N-methyl/N-ethyl adjacent to an activating group) is 2. The predicted molar refractivity (Wildman–Crippen MR) is 112 cm³/mol. The number of carbonyl (C=O) groups is 4. The Morgan fingerprint density at radius 1 is 1.00 bits per heavy atom. The van der Waals surface area contributed by atoms with Crippen LogP contribution in [0.25, 0.3) is 11.3 Å². The number of methoxy groups -OCH3 is 1. The van der Waals surface area contributed by atoms with E-state index in [4.69, 9.17) is 9.47 Å². The van der Waals surface area contributed by atoms with Crippen LogP contribution in [-0.4, -0.2) is 66.0 Å². The van der Waals surface area contributed by atoms with Gasteiger partial charge in [-0.1, -0.05) is 0 Å². The molecule has 3 rings (SSSR count). The van der Waals surface area contributed by atoms with Crippen molar-refractivity contribution in [3.63, 3.8) is 0 Å². The zero-order valence-electron chi connectivity index (χ0n) is 18.4. The molecule has 0 unspecified atom stereocenters. The number of carbonyl (C=O) groups excluding carboxylic acids is 4. The average molecular weight is 427 g/mol. The van der Waals surface area contributed by atoms with Crippen LogP contribution in [0.2, 0.25) is 0 Å². The Balaban J connectivity index is 2.33. The zero-order chi connectivity index (χ0) is 23.0.